The summed E-state index contributed by atoms with van der Waals surface area (Å²) in [6.45, 7) is 0.560. The first-order valence-electron chi connectivity index (χ1n) is 8.67. The van der Waals surface area contributed by atoms with E-state index >= 15 is 0 Å². The molecule has 9 heteroatoms. The number of anilines is 1. The maximum atomic E-state index is 11.8. The zero-order valence-corrected chi connectivity index (χ0v) is 15.7. The molecule has 1 aromatic heterocycles. The Kier molecular flexibility index (Phi) is 6.69. The summed E-state index contributed by atoms with van der Waals surface area (Å²) < 4.78 is 0.725. The van der Waals surface area contributed by atoms with Gasteiger partial charge in [0.1, 0.15) is 0 Å². The number of hydrogen-bond donors (Lipinski definition) is 3. The van der Waals surface area contributed by atoms with Crippen molar-refractivity contribution in [1.29, 1.82) is 0 Å². The van der Waals surface area contributed by atoms with Crippen LogP contribution in [0, 0.1) is 0 Å². The summed E-state index contributed by atoms with van der Waals surface area (Å²) in [5.74, 6) is -0.178. The minimum absolute atomic E-state index is 0.149. The number of thioether (sulfide) groups is 1. The number of aromatic nitrogens is 2. The van der Waals surface area contributed by atoms with Crippen molar-refractivity contribution >= 4 is 40.2 Å². The summed E-state index contributed by atoms with van der Waals surface area (Å²) in [5, 5.41) is 17.2. The van der Waals surface area contributed by atoms with Crippen molar-refractivity contribution in [3.63, 3.8) is 0 Å². The van der Waals surface area contributed by atoms with E-state index in [2.05, 4.69) is 32.2 Å². The van der Waals surface area contributed by atoms with E-state index in [9.17, 15) is 9.59 Å². The second-order valence-corrected chi connectivity index (χ2v) is 8.44. The third-order valence-electron chi connectivity index (χ3n) is 4.01. The van der Waals surface area contributed by atoms with E-state index in [1.807, 2.05) is 0 Å². The quantitative estimate of drug-likeness (QED) is 0.473. The Labute approximate surface area is 155 Å². The van der Waals surface area contributed by atoms with Crippen molar-refractivity contribution < 1.29 is 9.59 Å². The summed E-state index contributed by atoms with van der Waals surface area (Å²) in [4.78, 5) is 23.6. The van der Waals surface area contributed by atoms with Gasteiger partial charge < -0.3 is 10.6 Å². The molecular formula is C16H23N5O2S2. The second-order valence-electron chi connectivity index (χ2n) is 6.24. The van der Waals surface area contributed by atoms with E-state index in [-0.39, 0.29) is 11.7 Å². The fraction of sp³-hybridized carbons (Fsp3) is 0.625. The third-order valence-corrected chi connectivity index (χ3v) is 6.00. The predicted molar refractivity (Wildman–Crippen MR) is 100.0 cm³/mol. The summed E-state index contributed by atoms with van der Waals surface area (Å²) in [6.07, 6.45) is 10.2. The lowest BCUT2D eigenvalue weighted by Gasteiger charge is -2.13. The van der Waals surface area contributed by atoms with Gasteiger partial charge in [0.05, 0.1) is 5.75 Å². The summed E-state index contributed by atoms with van der Waals surface area (Å²) in [6, 6.07) is 0.0949. The number of allylic oxidation sites excluding steroid dienone is 1. The van der Waals surface area contributed by atoms with E-state index in [0.29, 0.717) is 12.6 Å². The highest BCUT2D eigenvalue weighted by Crippen LogP contribution is 2.30. The Morgan fingerprint density at radius 1 is 1.28 bits per heavy atom. The van der Waals surface area contributed by atoms with Crippen LogP contribution in [-0.2, 0) is 4.79 Å². The number of imide groups is 1. The Morgan fingerprint density at radius 2 is 2.16 bits per heavy atom. The standard InChI is InChI=1S/C16H23N5O2S2/c22-13(10-24-16-21-20-15(25-16)18-12-6-7-12)19-14(23)17-9-8-11-4-2-1-3-5-11/h4,12H,1-3,5-10H2,(H,18,20)(H2,17,19,22,23). The van der Waals surface area contributed by atoms with Crippen LogP contribution in [0.3, 0.4) is 0 Å². The highest BCUT2D eigenvalue weighted by Gasteiger charge is 2.22. The Morgan fingerprint density at radius 3 is 2.92 bits per heavy atom. The van der Waals surface area contributed by atoms with Crippen LogP contribution in [0.5, 0.6) is 0 Å². The van der Waals surface area contributed by atoms with E-state index in [4.69, 9.17) is 0 Å². The van der Waals surface area contributed by atoms with Gasteiger partial charge in [-0.3, -0.25) is 10.1 Å². The molecule has 0 aromatic carbocycles. The second kappa shape index (κ2) is 9.19. The van der Waals surface area contributed by atoms with Gasteiger partial charge in [-0.15, -0.1) is 10.2 Å². The number of rotatable bonds is 8. The molecule has 0 radical (unpaired) electrons. The number of hydrogen-bond acceptors (Lipinski definition) is 7. The Bertz CT molecular complexity index is 642. The van der Waals surface area contributed by atoms with Gasteiger partial charge in [0.15, 0.2) is 4.34 Å². The summed E-state index contributed by atoms with van der Waals surface area (Å²) >= 11 is 2.72. The molecule has 136 valence electrons. The fourth-order valence-corrected chi connectivity index (χ4v) is 4.16. The van der Waals surface area contributed by atoms with Crippen LogP contribution >= 0.6 is 23.1 Å². The zero-order chi connectivity index (χ0) is 17.5. The van der Waals surface area contributed by atoms with Crippen molar-refractivity contribution in [2.75, 3.05) is 17.6 Å². The normalized spacial score (nSPS) is 16.9. The highest BCUT2D eigenvalue weighted by molar-refractivity contribution is 8.01. The lowest BCUT2D eigenvalue weighted by molar-refractivity contribution is -0.117. The first kappa shape index (κ1) is 18.2. The molecule has 7 nitrogen and oxygen atoms in total. The molecule has 0 aliphatic heterocycles. The SMILES string of the molecule is O=C(CSc1nnc(NC2CC2)s1)NC(=O)NCCC1=CCCCC1. The lowest BCUT2D eigenvalue weighted by Crippen LogP contribution is -2.40. The van der Waals surface area contributed by atoms with E-state index in [0.717, 1.165) is 28.7 Å². The molecule has 0 bridgehead atoms. The maximum Gasteiger partial charge on any atom is 0.321 e. The molecule has 3 N–H and O–H groups in total. The first-order chi connectivity index (χ1) is 12.2. The van der Waals surface area contributed by atoms with Crippen LogP contribution in [0.25, 0.3) is 0 Å². The minimum Gasteiger partial charge on any atom is -0.357 e. The molecule has 1 heterocycles. The molecule has 0 saturated heterocycles. The van der Waals surface area contributed by atoms with Crippen LogP contribution in [-0.4, -0.2) is 40.5 Å². The lowest BCUT2D eigenvalue weighted by atomic mass is 9.97. The van der Waals surface area contributed by atoms with Gasteiger partial charge in [-0.05, 0) is 44.9 Å². The Hall–Kier alpha value is -1.61. The molecule has 0 unspecified atom stereocenters. The van der Waals surface area contributed by atoms with E-state index in [1.165, 1.54) is 54.4 Å². The first-order valence-corrected chi connectivity index (χ1v) is 10.5. The van der Waals surface area contributed by atoms with Gasteiger partial charge in [0.2, 0.25) is 11.0 Å². The van der Waals surface area contributed by atoms with Crippen LogP contribution in [0.15, 0.2) is 16.0 Å². The van der Waals surface area contributed by atoms with Crippen molar-refractivity contribution in [2.45, 2.75) is 55.3 Å². The highest BCUT2D eigenvalue weighted by atomic mass is 32.2. The number of carbonyl (C=O) groups excluding carboxylic acids is 2. The van der Waals surface area contributed by atoms with E-state index < -0.39 is 6.03 Å². The molecule has 1 saturated carbocycles. The number of carbonyl (C=O) groups is 2. The molecule has 25 heavy (non-hydrogen) atoms. The average Bonchev–Trinajstić information content (AvgIpc) is 3.30. The maximum absolute atomic E-state index is 11.8. The van der Waals surface area contributed by atoms with Crippen LogP contribution in [0.2, 0.25) is 0 Å². The molecule has 2 aliphatic rings. The van der Waals surface area contributed by atoms with Gasteiger partial charge in [0, 0.05) is 12.6 Å². The predicted octanol–water partition coefficient (Wildman–Crippen LogP) is 2.92. The van der Waals surface area contributed by atoms with Gasteiger partial charge in [-0.25, -0.2) is 4.79 Å². The Balaban J connectivity index is 1.29. The fourth-order valence-electron chi connectivity index (χ4n) is 2.53. The smallest absolute Gasteiger partial charge is 0.321 e. The topological polar surface area (TPSA) is 96.0 Å². The van der Waals surface area contributed by atoms with Crippen LogP contribution in [0.4, 0.5) is 9.93 Å². The van der Waals surface area contributed by atoms with Crippen molar-refractivity contribution in [1.82, 2.24) is 20.8 Å². The van der Waals surface area contributed by atoms with Crippen molar-refractivity contribution in [2.24, 2.45) is 0 Å². The van der Waals surface area contributed by atoms with Gasteiger partial charge in [0.25, 0.3) is 0 Å². The van der Waals surface area contributed by atoms with Crippen molar-refractivity contribution in [3.05, 3.63) is 11.6 Å². The molecule has 1 aromatic rings. The molecule has 1 fully saturated rings. The zero-order valence-electron chi connectivity index (χ0n) is 14.0. The van der Waals surface area contributed by atoms with E-state index in [1.54, 1.807) is 0 Å². The summed E-state index contributed by atoms with van der Waals surface area (Å²) in [5.41, 5.74) is 1.40. The van der Waals surface area contributed by atoms with Gasteiger partial charge >= 0.3 is 6.03 Å². The third kappa shape index (κ3) is 6.66. The molecule has 0 atom stereocenters. The minimum atomic E-state index is -0.435. The number of amides is 3. The van der Waals surface area contributed by atoms with Gasteiger partial charge in [-0.1, -0.05) is 34.7 Å². The van der Waals surface area contributed by atoms with Crippen LogP contribution < -0.4 is 16.0 Å². The molecule has 0 spiro atoms. The molecular weight excluding hydrogens is 358 g/mol. The number of nitrogens with zero attached hydrogens (tertiary/aromatic N) is 2. The molecule has 3 rings (SSSR count). The van der Waals surface area contributed by atoms with Crippen LogP contribution in [0.1, 0.15) is 44.9 Å². The van der Waals surface area contributed by atoms with Gasteiger partial charge in [-0.2, -0.15) is 0 Å². The molecule has 2 aliphatic carbocycles. The van der Waals surface area contributed by atoms with Crippen molar-refractivity contribution in [3.8, 4) is 0 Å². The monoisotopic (exact) mass is 381 g/mol. The number of nitrogens with one attached hydrogen (secondary N) is 3. The molecule has 3 amide bonds. The average molecular weight is 382 g/mol. The number of urea groups is 1. The largest absolute Gasteiger partial charge is 0.357 e. The summed E-state index contributed by atoms with van der Waals surface area (Å²) in [7, 11) is 0.